The Kier molecular flexibility index (Phi) is 5.77. The van der Waals surface area contributed by atoms with Crippen LogP contribution in [0.15, 0.2) is 53.6 Å². The molecule has 3 rings (SSSR count). The number of hydrogen-bond donors (Lipinski definition) is 0. The Bertz CT molecular complexity index is 708. The van der Waals surface area contributed by atoms with Gasteiger partial charge in [-0.2, -0.15) is 5.10 Å². The fourth-order valence-corrected chi connectivity index (χ4v) is 3.13. The molecule has 0 N–H and O–H groups in total. The van der Waals surface area contributed by atoms with E-state index in [1.807, 2.05) is 25.1 Å². The Balaban J connectivity index is 1.57. The molecule has 1 heterocycles. The molecule has 1 fully saturated rings. The van der Waals surface area contributed by atoms with Crippen LogP contribution in [0.1, 0.15) is 18.1 Å². The molecule has 2 aromatic rings. The average molecular weight is 362 g/mol. The van der Waals surface area contributed by atoms with Gasteiger partial charge >= 0.3 is 0 Å². The van der Waals surface area contributed by atoms with Gasteiger partial charge in [0.05, 0.1) is 15.8 Å². The third-order valence-electron chi connectivity index (χ3n) is 4.23. The lowest BCUT2D eigenvalue weighted by atomic mass is 10.1. The van der Waals surface area contributed by atoms with E-state index in [1.54, 1.807) is 0 Å². The van der Waals surface area contributed by atoms with Crippen LogP contribution < -0.4 is 0 Å². The maximum absolute atomic E-state index is 6.09. The maximum Gasteiger partial charge on any atom is 0.0647 e. The molecular weight excluding hydrogens is 341 g/mol. The zero-order valence-corrected chi connectivity index (χ0v) is 15.3. The van der Waals surface area contributed by atoms with Crippen LogP contribution in [0.5, 0.6) is 0 Å². The topological polar surface area (TPSA) is 18.8 Å². The van der Waals surface area contributed by atoms with Gasteiger partial charge in [0.15, 0.2) is 0 Å². The van der Waals surface area contributed by atoms with E-state index in [0.717, 1.165) is 44.0 Å². The van der Waals surface area contributed by atoms with Gasteiger partial charge in [0.2, 0.25) is 0 Å². The molecule has 1 aliphatic rings. The molecule has 0 aliphatic carbocycles. The predicted octanol–water partition coefficient (Wildman–Crippen LogP) is 4.54. The van der Waals surface area contributed by atoms with E-state index in [1.165, 1.54) is 5.56 Å². The minimum atomic E-state index is 0.566. The molecule has 126 valence electrons. The molecule has 0 aromatic heterocycles. The van der Waals surface area contributed by atoms with E-state index < -0.39 is 0 Å². The lowest BCUT2D eigenvalue weighted by Gasteiger charge is -2.33. The van der Waals surface area contributed by atoms with Crippen molar-refractivity contribution in [2.75, 3.05) is 26.2 Å². The van der Waals surface area contributed by atoms with Gasteiger partial charge in [-0.1, -0.05) is 59.6 Å². The van der Waals surface area contributed by atoms with Crippen LogP contribution in [-0.2, 0) is 6.54 Å². The summed E-state index contributed by atoms with van der Waals surface area (Å²) >= 11 is 12.1. The molecule has 0 radical (unpaired) electrons. The molecule has 0 atom stereocenters. The van der Waals surface area contributed by atoms with Crippen LogP contribution in [0.4, 0.5) is 0 Å². The number of rotatable bonds is 4. The van der Waals surface area contributed by atoms with Crippen molar-refractivity contribution in [3.05, 3.63) is 69.7 Å². The summed E-state index contributed by atoms with van der Waals surface area (Å²) in [6.07, 6.45) is 0. The summed E-state index contributed by atoms with van der Waals surface area (Å²) in [6.45, 7) is 6.93. The molecule has 5 heteroatoms. The minimum absolute atomic E-state index is 0.566. The highest BCUT2D eigenvalue weighted by molar-refractivity contribution is 6.42. The standard InChI is InChI=1S/C19H21Cl2N3/c1-15(17-7-8-18(20)19(21)13-17)22-24-11-9-23(10-12-24)14-16-5-3-2-4-6-16/h2-8,13H,9-12,14H2,1H3. The second-order valence-corrected chi connectivity index (χ2v) is 6.84. The van der Waals surface area contributed by atoms with Gasteiger partial charge in [0.1, 0.15) is 0 Å². The first-order valence-electron chi connectivity index (χ1n) is 8.13. The van der Waals surface area contributed by atoms with Gasteiger partial charge in [-0.05, 0) is 30.2 Å². The Hall–Kier alpha value is -1.55. The molecule has 1 saturated heterocycles. The quantitative estimate of drug-likeness (QED) is 0.744. The zero-order chi connectivity index (χ0) is 16.9. The van der Waals surface area contributed by atoms with E-state index in [0.29, 0.717) is 10.0 Å². The first-order valence-corrected chi connectivity index (χ1v) is 8.89. The Labute approximate surface area is 153 Å². The smallest absolute Gasteiger partial charge is 0.0647 e. The summed E-state index contributed by atoms with van der Waals surface area (Å²) < 4.78 is 0. The lowest BCUT2D eigenvalue weighted by Crippen LogP contribution is -2.43. The second-order valence-electron chi connectivity index (χ2n) is 6.03. The van der Waals surface area contributed by atoms with Crippen molar-refractivity contribution < 1.29 is 0 Å². The number of hydrazone groups is 1. The summed E-state index contributed by atoms with van der Waals surface area (Å²) in [4.78, 5) is 2.47. The average Bonchev–Trinajstić information content (AvgIpc) is 2.60. The second kappa shape index (κ2) is 8.02. The van der Waals surface area contributed by atoms with E-state index >= 15 is 0 Å². The highest BCUT2D eigenvalue weighted by Crippen LogP contribution is 2.23. The van der Waals surface area contributed by atoms with Crippen molar-refractivity contribution in [3.63, 3.8) is 0 Å². The van der Waals surface area contributed by atoms with E-state index in [4.69, 9.17) is 28.3 Å². The molecule has 2 aromatic carbocycles. The third kappa shape index (κ3) is 4.50. The highest BCUT2D eigenvalue weighted by atomic mass is 35.5. The third-order valence-corrected chi connectivity index (χ3v) is 4.97. The SMILES string of the molecule is CC(=NN1CCN(Cc2ccccc2)CC1)c1ccc(Cl)c(Cl)c1. The monoisotopic (exact) mass is 361 g/mol. The largest absolute Gasteiger partial charge is 0.295 e. The predicted molar refractivity (Wildman–Crippen MR) is 102 cm³/mol. The minimum Gasteiger partial charge on any atom is -0.295 e. The number of halogens is 2. The van der Waals surface area contributed by atoms with Gasteiger partial charge in [-0.25, -0.2) is 0 Å². The van der Waals surface area contributed by atoms with Crippen molar-refractivity contribution in [2.45, 2.75) is 13.5 Å². The Morgan fingerprint density at radius 2 is 1.67 bits per heavy atom. The van der Waals surface area contributed by atoms with Crippen LogP contribution in [0.3, 0.4) is 0 Å². The first-order chi connectivity index (χ1) is 11.6. The number of nitrogens with zero attached hydrogens (tertiary/aromatic N) is 3. The van der Waals surface area contributed by atoms with Crippen molar-refractivity contribution in [3.8, 4) is 0 Å². The summed E-state index contributed by atoms with van der Waals surface area (Å²) in [5.41, 5.74) is 3.34. The van der Waals surface area contributed by atoms with Gasteiger partial charge in [0, 0.05) is 32.7 Å². The fraction of sp³-hybridized carbons (Fsp3) is 0.316. The Morgan fingerprint density at radius 1 is 0.958 bits per heavy atom. The van der Waals surface area contributed by atoms with Crippen molar-refractivity contribution >= 4 is 28.9 Å². The molecule has 0 saturated carbocycles. The van der Waals surface area contributed by atoms with Gasteiger partial charge in [-0.15, -0.1) is 0 Å². The molecular formula is C19H21Cl2N3. The normalized spacial score (nSPS) is 16.5. The maximum atomic E-state index is 6.09. The van der Waals surface area contributed by atoms with Crippen LogP contribution in [0.25, 0.3) is 0 Å². The van der Waals surface area contributed by atoms with Crippen molar-refractivity contribution in [2.24, 2.45) is 5.10 Å². The first kappa shape index (κ1) is 17.3. The van der Waals surface area contributed by atoms with Gasteiger partial charge in [0.25, 0.3) is 0 Å². The number of hydrogen-bond acceptors (Lipinski definition) is 3. The van der Waals surface area contributed by atoms with E-state index in [2.05, 4.69) is 40.2 Å². The summed E-state index contributed by atoms with van der Waals surface area (Å²) in [5, 5.41) is 8.02. The molecule has 0 spiro atoms. The Morgan fingerprint density at radius 3 is 2.33 bits per heavy atom. The highest BCUT2D eigenvalue weighted by Gasteiger charge is 2.16. The van der Waals surface area contributed by atoms with E-state index in [-0.39, 0.29) is 0 Å². The van der Waals surface area contributed by atoms with Crippen LogP contribution >= 0.6 is 23.2 Å². The van der Waals surface area contributed by atoms with Crippen LogP contribution in [0.2, 0.25) is 10.0 Å². The molecule has 0 unspecified atom stereocenters. The van der Waals surface area contributed by atoms with Gasteiger partial charge < -0.3 is 0 Å². The summed E-state index contributed by atoms with van der Waals surface area (Å²) in [5.74, 6) is 0. The number of piperazine rings is 1. The fourth-order valence-electron chi connectivity index (χ4n) is 2.83. The lowest BCUT2D eigenvalue weighted by molar-refractivity contribution is 0.130. The summed E-state index contributed by atoms with van der Waals surface area (Å²) in [6, 6.07) is 16.2. The van der Waals surface area contributed by atoms with Crippen molar-refractivity contribution in [1.82, 2.24) is 9.91 Å². The molecule has 24 heavy (non-hydrogen) atoms. The van der Waals surface area contributed by atoms with Crippen molar-refractivity contribution in [1.29, 1.82) is 0 Å². The van der Waals surface area contributed by atoms with E-state index in [9.17, 15) is 0 Å². The summed E-state index contributed by atoms with van der Waals surface area (Å²) in [7, 11) is 0. The molecule has 1 aliphatic heterocycles. The van der Waals surface area contributed by atoms with Crippen LogP contribution in [0, 0.1) is 0 Å². The molecule has 0 amide bonds. The molecule has 3 nitrogen and oxygen atoms in total. The van der Waals surface area contributed by atoms with Gasteiger partial charge in [-0.3, -0.25) is 9.91 Å². The molecule has 0 bridgehead atoms. The van der Waals surface area contributed by atoms with Crippen LogP contribution in [-0.4, -0.2) is 41.8 Å². The zero-order valence-electron chi connectivity index (χ0n) is 13.8. The number of benzene rings is 2.